The maximum Gasteiger partial charge on any atom is 0.345 e. The lowest BCUT2D eigenvalue weighted by Crippen LogP contribution is -2.31. The zero-order valence-electron chi connectivity index (χ0n) is 15.1. The molecule has 2 aromatic carbocycles. The first-order chi connectivity index (χ1) is 12.7. The molecular weight excluding hydrogens is 372 g/mol. The number of ether oxygens (including phenoxy) is 1. The van der Waals surface area contributed by atoms with Crippen molar-refractivity contribution >= 4 is 29.2 Å². The van der Waals surface area contributed by atoms with Crippen LogP contribution in [-0.2, 0) is 9.53 Å². The molecule has 0 aliphatic heterocycles. The predicted octanol–water partition coefficient (Wildman–Crippen LogP) is 3.90. The number of hydrogen-bond donors (Lipinski definition) is 1. The highest BCUT2D eigenvalue weighted by atomic mass is 35.5. The topological polar surface area (TPSA) is 98.5 Å². The second kappa shape index (κ2) is 8.64. The summed E-state index contributed by atoms with van der Waals surface area (Å²) in [6, 6.07) is 9.17. The molecular formula is C19H19ClN2O5. The zero-order valence-corrected chi connectivity index (χ0v) is 15.9. The van der Waals surface area contributed by atoms with Crippen LogP contribution in [0.15, 0.2) is 36.4 Å². The number of nitro groups is 1. The Balaban J connectivity index is 1.98. The molecule has 1 amide bonds. The van der Waals surface area contributed by atoms with Crippen LogP contribution in [0.5, 0.6) is 0 Å². The van der Waals surface area contributed by atoms with Gasteiger partial charge in [-0.2, -0.15) is 0 Å². The van der Waals surface area contributed by atoms with Crippen molar-refractivity contribution in [1.29, 1.82) is 0 Å². The summed E-state index contributed by atoms with van der Waals surface area (Å²) in [6.07, 6.45) is 0. The number of halogens is 1. The van der Waals surface area contributed by atoms with Crippen LogP contribution in [0.2, 0.25) is 5.02 Å². The number of esters is 1. The molecule has 0 fully saturated rings. The molecule has 0 saturated carbocycles. The molecule has 1 atom stereocenters. The summed E-state index contributed by atoms with van der Waals surface area (Å²) in [5, 5.41) is 13.9. The van der Waals surface area contributed by atoms with E-state index in [1.165, 1.54) is 12.1 Å². The van der Waals surface area contributed by atoms with Crippen molar-refractivity contribution in [3.8, 4) is 0 Å². The maximum absolute atomic E-state index is 12.1. The largest absolute Gasteiger partial charge is 0.452 e. The second-order valence-corrected chi connectivity index (χ2v) is 6.56. The molecule has 0 heterocycles. The summed E-state index contributed by atoms with van der Waals surface area (Å²) in [7, 11) is 0. The first-order valence-electron chi connectivity index (χ1n) is 8.16. The van der Waals surface area contributed by atoms with E-state index in [1.54, 1.807) is 0 Å². The Morgan fingerprint density at radius 2 is 1.89 bits per heavy atom. The molecule has 0 unspecified atom stereocenters. The van der Waals surface area contributed by atoms with Crippen LogP contribution in [-0.4, -0.2) is 23.4 Å². The van der Waals surface area contributed by atoms with Crippen LogP contribution in [0.25, 0.3) is 0 Å². The minimum Gasteiger partial charge on any atom is -0.452 e. The summed E-state index contributed by atoms with van der Waals surface area (Å²) in [4.78, 5) is 34.4. The number of benzene rings is 2. The molecule has 8 heteroatoms. The van der Waals surface area contributed by atoms with Crippen LogP contribution < -0.4 is 5.32 Å². The van der Waals surface area contributed by atoms with Gasteiger partial charge in [0.15, 0.2) is 6.61 Å². The minimum absolute atomic E-state index is 0.123. The SMILES string of the molecule is Cc1ccc([C@H](C)NC(=O)COC(=O)c2ccc(Cl)cc2[N+](=O)[O-])cc1C. The lowest BCUT2D eigenvalue weighted by Gasteiger charge is -2.15. The Morgan fingerprint density at radius 3 is 2.52 bits per heavy atom. The van der Waals surface area contributed by atoms with Crippen molar-refractivity contribution in [3.63, 3.8) is 0 Å². The Kier molecular flexibility index (Phi) is 6.52. The van der Waals surface area contributed by atoms with Gasteiger partial charge in [-0.25, -0.2) is 4.79 Å². The zero-order chi connectivity index (χ0) is 20.1. The van der Waals surface area contributed by atoms with Gasteiger partial charge in [-0.15, -0.1) is 0 Å². The van der Waals surface area contributed by atoms with Gasteiger partial charge in [0.1, 0.15) is 5.56 Å². The highest BCUT2D eigenvalue weighted by molar-refractivity contribution is 6.31. The molecule has 0 spiro atoms. The van der Waals surface area contributed by atoms with Crippen molar-refractivity contribution in [2.75, 3.05) is 6.61 Å². The number of nitrogens with one attached hydrogen (secondary N) is 1. The van der Waals surface area contributed by atoms with Crippen LogP contribution in [0.3, 0.4) is 0 Å². The molecule has 1 N–H and O–H groups in total. The molecule has 142 valence electrons. The van der Waals surface area contributed by atoms with E-state index >= 15 is 0 Å². The average molecular weight is 391 g/mol. The van der Waals surface area contributed by atoms with Gasteiger partial charge in [0.05, 0.1) is 11.0 Å². The Hall–Kier alpha value is -2.93. The third kappa shape index (κ3) is 5.27. The van der Waals surface area contributed by atoms with Gasteiger partial charge in [-0.1, -0.05) is 29.8 Å². The standard InChI is InChI=1S/C19H19ClN2O5/c1-11-4-5-14(8-12(11)2)13(3)21-18(23)10-27-19(24)16-7-6-15(20)9-17(16)22(25)26/h4-9,13H,10H2,1-3H3,(H,21,23)/t13-/m0/s1. The molecule has 27 heavy (non-hydrogen) atoms. The number of nitrogens with zero attached hydrogens (tertiary/aromatic N) is 1. The minimum atomic E-state index is -0.965. The fraction of sp³-hybridized carbons (Fsp3) is 0.263. The fourth-order valence-electron chi connectivity index (χ4n) is 2.44. The molecule has 0 aliphatic rings. The highest BCUT2D eigenvalue weighted by Gasteiger charge is 2.22. The third-order valence-corrected chi connectivity index (χ3v) is 4.35. The Labute approximate surface area is 161 Å². The maximum atomic E-state index is 12.1. The lowest BCUT2D eigenvalue weighted by molar-refractivity contribution is -0.385. The number of aryl methyl sites for hydroxylation is 2. The Bertz CT molecular complexity index is 898. The second-order valence-electron chi connectivity index (χ2n) is 6.13. The van der Waals surface area contributed by atoms with Gasteiger partial charge < -0.3 is 10.1 Å². The van der Waals surface area contributed by atoms with E-state index in [-0.39, 0.29) is 16.6 Å². The quantitative estimate of drug-likeness (QED) is 0.458. The summed E-state index contributed by atoms with van der Waals surface area (Å²) in [5.74, 6) is -1.47. The molecule has 0 aromatic heterocycles. The summed E-state index contributed by atoms with van der Waals surface area (Å²) < 4.78 is 4.90. The van der Waals surface area contributed by atoms with Crippen molar-refractivity contribution in [1.82, 2.24) is 5.32 Å². The smallest absolute Gasteiger partial charge is 0.345 e. The van der Waals surface area contributed by atoms with Gasteiger partial charge >= 0.3 is 5.97 Å². The number of amides is 1. The summed E-state index contributed by atoms with van der Waals surface area (Å²) in [6.45, 7) is 5.24. The number of hydrogen-bond acceptors (Lipinski definition) is 5. The van der Waals surface area contributed by atoms with E-state index in [9.17, 15) is 19.7 Å². The van der Waals surface area contributed by atoms with Crippen LogP contribution in [0.1, 0.15) is 40.0 Å². The van der Waals surface area contributed by atoms with Crippen LogP contribution in [0.4, 0.5) is 5.69 Å². The predicted molar refractivity (Wildman–Crippen MR) is 101 cm³/mol. The van der Waals surface area contributed by atoms with Gasteiger partial charge in [0, 0.05) is 11.1 Å². The third-order valence-electron chi connectivity index (χ3n) is 4.12. The normalized spacial score (nSPS) is 11.6. The van der Waals surface area contributed by atoms with Crippen molar-refractivity contribution in [3.05, 3.63) is 73.8 Å². The number of carbonyl (C=O) groups excluding carboxylic acids is 2. The average Bonchev–Trinajstić information content (AvgIpc) is 2.61. The van der Waals surface area contributed by atoms with Crippen molar-refractivity contribution in [2.24, 2.45) is 0 Å². The van der Waals surface area contributed by atoms with Crippen LogP contribution in [0, 0.1) is 24.0 Å². The van der Waals surface area contributed by atoms with E-state index in [2.05, 4.69) is 5.32 Å². The van der Waals surface area contributed by atoms with E-state index < -0.39 is 29.1 Å². The number of rotatable bonds is 6. The highest BCUT2D eigenvalue weighted by Crippen LogP contribution is 2.24. The van der Waals surface area contributed by atoms with Gasteiger partial charge in [0.2, 0.25) is 0 Å². The summed E-state index contributed by atoms with van der Waals surface area (Å²) >= 11 is 5.71. The molecule has 0 aliphatic carbocycles. The fourth-order valence-corrected chi connectivity index (χ4v) is 2.60. The van der Waals surface area contributed by atoms with Crippen molar-refractivity contribution < 1.29 is 19.2 Å². The molecule has 7 nitrogen and oxygen atoms in total. The molecule has 2 aromatic rings. The van der Waals surface area contributed by atoms with E-state index in [4.69, 9.17) is 16.3 Å². The van der Waals surface area contributed by atoms with Gasteiger partial charge in [-0.05, 0) is 49.6 Å². The van der Waals surface area contributed by atoms with Gasteiger partial charge in [0.25, 0.3) is 11.6 Å². The van der Waals surface area contributed by atoms with E-state index in [1.807, 2.05) is 39.0 Å². The molecule has 0 saturated heterocycles. The number of nitro benzene ring substituents is 1. The van der Waals surface area contributed by atoms with E-state index in [0.29, 0.717) is 0 Å². The van der Waals surface area contributed by atoms with Crippen molar-refractivity contribution in [2.45, 2.75) is 26.8 Å². The van der Waals surface area contributed by atoms with E-state index in [0.717, 1.165) is 22.8 Å². The molecule has 0 radical (unpaired) electrons. The molecule has 0 bridgehead atoms. The van der Waals surface area contributed by atoms with Gasteiger partial charge in [-0.3, -0.25) is 14.9 Å². The number of carbonyl (C=O) groups is 2. The first kappa shape index (κ1) is 20.4. The van der Waals surface area contributed by atoms with Crippen LogP contribution >= 0.6 is 11.6 Å². The monoisotopic (exact) mass is 390 g/mol. The molecule has 2 rings (SSSR count). The first-order valence-corrected chi connectivity index (χ1v) is 8.54. The Morgan fingerprint density at radius 1 is 1.19 bits per heavy atom. The summed E-state index contributed by atoms with van der Waals surface area (Å²) in [5.41, 5.74) is 2.44. The lowest BCUT2D eigenvalue weighted by atomic mass is 10.0.